The van der Waals surface area contributed by atoms with Crippen molar-refractivity contribution in [1.82, 2.24) is 19.5 Å². The van der Waals surface area contributed by atoms with E-state index in [1.54, 1.807) is 4.57 Å². The first kappa shape index (κ1) is 21.7. The largest absolute Gasteiger partial charge is 0.490 e. The number of hydrogen-bond acceptors (Lipinski definition) is 11. The van der Waals surface area contributed by atoms with Crippen molar-refractivity contribution in [2.24, 2.45) is 0 Å². The smallest absolute Gasteiger partial charge is 0.383 e. The quantitative estimate of drug-likeness (QED) is 0.298. The fourth-order valence-electron chi connectivity index (χ4n) is 2.57. The molecule has 3 heterocycles. The van der Waals surface area contributed by atoms with Crippen LogP contribution in [0.15, 0.2) is 36.0 Å². The molecule has 0 radical (unpaired) electrons. The lowest BCUT2D eigenvalue weighted by molar-refractivity contribution is -0.136. The Hall–Kier alpha value is -2.99. The van der Waals surface area contributed by atoms with E-state index < -0.39 is 19.9 Å². The highest BCUT2D eigenvalue weighted by Gasteiger charge is 2.32. The van der Waals surface area contributed by atoms with Crippen LogP contribution in [0.25, 0.3) is 11.2 Å². The Morgan fingerprint density at radius 3 is 2.77 bits per heavy atom. The minimum Gasteiger partial charge on any atom is -0.490 e. The van der Waals surface area contributed by atoms with Gasteiger partial charge in [-0.05, 0) is 6.08 Å². The summed E-state index contributed by atoms with van der Waals surface area (Å²) in [7, 11) is -1.42. The van der Waals surface area contributed by atoms with E-state index in [1.165, 1.54) is 33.0 Å². The Balaban J connectivity index is 1.48. The zero-order valence-electron chi connectivity index (χ0n) is 16.2. The summed E-state index contributed by atoms with van der Waals surface area (Å²) in [5.41, 5.74) is 6.72. The lowest BCUT2D eigenvalue weighted by Crippen LogP contribution is -2.08. The third kappa shape index (κ3) is 4.76. The van der Waals surface area contributed by atoms with Gasteiger partial charge < -0.3 is 38.7 Å². The number of carbonyl (C=O) groups excluding carboxylic acids is 1. The molecule has 0 fully saturated rings. The van der Waals surface area contributed by atoms with Gasteiger partial charge in [0.1, 0.15) is 18.2 Å². The van der Waals surface area contributed by atoms with Crippen molar-refractivity contribution < 1.29 is 37.7 Å². The maximum Gasteiger partial charge on any atom is 0.383 e. The molecule has 1 atom stereocenters. The van der Waals surface area contributed by atoms with E-state index in [-0.39, 0.29) is 36.3 Å². The molecule has 2 aromatic heterocycles. The Labute approximate surface area is 170 Å². The van der Waals surface area contributed by atoms with Gasteiger partial charge in [0.15, 0.2) is 17.2 Å². The summed E-state index contributed by atoms with van der Waals surface area (Å²) in [6.07, 6.45) is 3.60. The van der Waals surface area contributed by atoms with Crippen LogP contribution in [-0.2, 0) is 39.4 Å². The Morgan fingerprint density at radius 1 is 1.27 bits per heavy atom. The first-order chi connectivity index (χ1) is 14.4. The number of methoxy groups -OCH3 is 2. The predicted molar refractivity (Wildman–Crippen MR) is 102 cm³/mol. The number of nitrogen functional groups attached to an aromatic ring is 1. The second kappa shape index (κ2) is 9.22. The van der Waals surface area contributed by atoms with Gasteiger partial charge in [0.2, 0.25) is 5.76 Å². The molecule has 1 aliphatic heterocycles. The van der Waals surface area contributed by atoms with Crippen LogP contribution in [0.5, 0.6) is 0 Å². The van der Waals surface area contributed by atoms with E-state index in [9.17, 15) is 14.3 Å². The number of nitrogens with zero attached hydrogens (tertiary/aromatic N) is 4. The van der Waals surface area contributed by atoms with Crippen LogP contribution < -0.4 is 5.73 Å². The molecule has 1 aliphatic rings. The molecule has 0 bridgehead atoms. The predicted octanol–water partition coefficient (Wildman–Crippen LogP) is 0.530. The van der Waals surface area contributed by atoms with E-state index >= 15 is 0 Å². The molecule has 0 spiro atoms. The highest BCUT2D eigenvalue weighted by Crippen LogP contribution is 2.41. The molecule has 0 aromatic carbocycles. The first-order valence-corrected chi connectivity index (χ1v) is 10.3. The number of esters is 1. The van der Waals surface area contributed by atoms with Crippen LogP contribution >= 0.6 is 7.60 Å². The average molecular weight is 441 g/mol. The van der Waals surface area contributed by atoms with Crippen molar-refractivity contribution in [3.8, 4) is 0 Å². The zero-order valence-corrected chi connectivity index (χ0v) is 17.1. The van der Waals surface area contributed by atoms with Crippen molar-refractivity contribution in [2.75, 3.05) is 39.5 Å². The summed E-state index contributed by atoms with van der Waals surface area (Å²) in [6.45, 7) is 0.121. The number of anilines is 1. The van der Waals surface area contributed by atoms with Crippen molar-refractivity contribution in [2.45, 2.75) is 6.54 Å². The topological polar surface area (TPSA) is 170 Å². The highest BCUT2D eigenvalue weighted by molar-refractivity contribution is 7.52. The van der Waals surface area contributed by atoms with Gasteiger partial charge in [-0.15, -0.1) is 0 Å². The van der Waals surface area contributed by atoms with Crippen LogP contribution in [0, 0.1) is 0 Å². The molecule has 0 saturated carbocycles. The van der Waals surface area contributed by atoms with E-state index in [1.807, 2.05) is 0 Å². The second-order valence-corrected chi connectivity index (χ2v) is 7.66. The molecule has 0 aliphatic carbocycles. The number of aromatic nitrogens is 4. The molecular weight excluding hydrogens is 421 g/mol. The lowest BCUT2D eigenvalue weighted by Gasteiger charge is -2.12. The fraction of sp³-hybridized carbons (Fsp3) is 0.375. The summed E-state index contributed by atoms with van der Waals surface area (Å²) in [5, 5.41) is 0. The number of nitrogens with two attached hydrogens (primary N) is 1. The number of carbonyl (C=O) groups is 1. The monoisotopic (exact) mass is 441 g/mol. The molecule has 0 amide bonds. The number of cyclic esters (lactones) is 1. The Morgan fingerprint density at radius 2 is 2.03 bits per heavy atom. The summed E-state index contributed by atoms with van der Waals surface area (Å²) >= 11 is 0. The number of ether oxygens (including phenoxy) is 4. The molecule has 14 heteroatoms. The van der Waals surface area contributed by atoms with Gasteiger partial charge in [-0.2, -0.15) is 0 Å². The first-order valence-electron chi connectivity index (χ1n) is 8.56. The molecule has 1 unspecified atom stereocenters. The van der Waals surface area contributed by atoms with E-state index in [0.717, 1.165) is 0 Å². The standard InChI is InChI=1S/C16H20N5O8P/c1-25-12-10(29-16(22)13(12)26-2)3-5-28-30(23,24)9-27-6-4-21-8-20-11-14(17)18-7-19-15(11)21/h3,7-8H,4-6,9H2,1-2H3,(H,23,24)(H2,17,18,19)/b10-3-. The SMILES string of the molecule is COC1=C(OC)/C(=C/COP(=O)(O)COCCn2cnc3c(N)ncnc32)OC1=O. The van der Waals surface area contributed by atoms with Gasteiger partial charge in [0.25, 0.3) is 5.76 Å². The van der Waals surface area contributed by atoms with Crippen LogP contribution in [0.2, 0.25) is 0 Å². The maximum atomic E-state index is 12.1. The van der Waals surface area contributed by atoms with Gasteiger partial charge in [0.05, 0.1) is 33.8 Å². The Bertz CT molecular complexity index is 1050. The van der Waals surface area contributed by atoms with Gasteiger partial charge in [-0.25, -0.2) is 19.7 Å². The van der Waals surface area contributed by atoms with Gasteiger partial charge >= 0.3 is 13.6 Å². The molecule has 30 heavy (non-hydrogen) atoms. The lowest BCUT2D eigenvalue weighted by atomic mass is 10.3. The zero-order chi connectivity index (χ0) is 21.7. The molecule has 0 saturated heterocycles. The molecular formula is C16H20N5O8P. The van der Waals surface area contributed by atoms with Crippen molar-refractivity contribution in [3.05, 3.63) is 36.0 Å². The van der Waals surface area contributed by atoms with Crippen molar-refractivity contribution >= 4 is 30.5 Å². The average Bonchev–Trinajstić information content (AvgIpc) is 3.26. The van der Waals surface area contributed by atoms with Crippen molar-refractivity contribution in [1.29, 1.82) is 0 Å². The number of fused-ring (bicyclic) bond motifs is 1. The number of hydrogen-bond donors (Lipinski definition) is 2. The van der Waals surface area contributed by atoms with Gasteiger partial charge in [-0.3, -0.25) is 4.57 Å². The number of imidazole rings is 1. The summed E-state index contributed by atoms with van der Waals surface area (Å²) < 4.78 is 38.8. The van der Waals surface area contributed by atoms with E-state index in [0.29, 0.717) is 17.7 Å². The summed E-state index contributed by atoms with van der Waals surface area (Å²) in [5.74, 6) is -0.451. The molecule has 2 aromatic rings. The van der Waals surface area contributed by atoms with Gasteiger partial charge in [0, 0.05) is 6.54 Å². The number of rotatable bonds is 10. The Kier molecular flexibility index (Phi) is 6.67. The van der Waals surface area contributed by atoms with Gasteiger partial charge in [-0.1, -0.05) is 0 Å². The highest BCUT2D eigenvalue weighted by atomic mass is 31.2. The summed E-state index contributed by atoms with van der Waals surface area (Å²) in [4.78, 5) is 33.5. The van der Waals surface area contributed by atoms with Crippen LogP contribution in [0.3, 0.4) is 0 Å². The van der Waals surface area contributed by atoms with E-state index in [2.05, 4.69) is 15.0 Å². The van der Waals surface area contributed by atoms with Crippen LogP contribution in [0.1, 0.15) is 0 Å². The summed E-state index contributed by atoms with van der Waals surface area (Å²) in [6, 6.07) is 0. The van der Waals surface area contributed by atoms with Crippen LogP contribution in [-0.4, -0.2) is 64.2 Å². The maximum absolute atomic E-state index is 12.1. The third-order valence-corrected chi connectivity index (χ3v) is 4.99. The third-order valence-electron chi connectivity index (χ3n) is 3.93. The minimum absolute atomic E-state index is 0.0357. The molecule has 13 nitrogen and oxygen atoms in total. The molecule has 3 N–H and O–H groups in total. The molecule has 3 rings (SSSR count). The van der Waals surface area contributed by atoms with E-state index in [4.69, 9.17) is 29.2 Å². The second-order valence-electron chi connectivity index (χ2n) is 5.86. The van der Waals surface area contributed by atoms with Crippen molar-refractivity contribution in [3.63, 3.8) is 0 Å². The minimum atomic E-state index is -4.04. The normalized spacial score (nSPS) is 17.4. The van der Waals surface area contributed by atoms with Crippen LogP contribution in [0.4, 0.5) is 5.82 Å². The molecule has 162 valence electrons. The fourth-order valence-corrected chi connectivity index (χ4v) is 3.31.